The van der Waals surface area contributed by atoms with E-state index >= 15 is 0 Å². The summed E-state index contributed by atoms with van der Waals surface area (Å²) >= 11 is 1.37. The number of hydrogen-bond acceptors (Lipinski definition) is 8. The number of ketones is 1. The number of carbonyl (C=O) groups is 4. The Morgan fingerprint density at radius 2 is 1.45 bits per heavy atom. The van der Waals surface area contributed by atoms with Crippen molar-refractivity contribution in [3.63, 3.8) is 0 Å². The lowest BCUT2D eigenvalue weighted by Crippen LogP contribution is -2.63. The molecule has 0 N–H and O–H groups in total. The zero-order valence-corrected chi connectivity index (χ0v) is 23.1. The Labute approximate surface area is 236 Å². The summed E-state index contributed by atoms with van der Waals surface area (Å²) in [5.74, 6) is -1.66. The van der Waals surface area contributed by atoms with Crippen molar-refractivity contribution >= 4 is 40.8 Å². The summed E-state index contributed by atoms with van der Waals surface area (Å²) < 4.78 is 16.5. The van der Waals surface area contributed by atoms with Gasteiger partial charge in [0.15, 0.2) is 5.78 Å². The second-order valence-corrected chi connectivity index (χ2v) is 10.0. The molecule has 1 fully saturated rings. The van der Waals surface area contributed by atoms with Crippen molar-refractivity contribution < 1.29 is 33.4 Å². The maximum absolute atomic E-state index is 13.8. The second kappa shape index (κ2) is 12.6. The molecular formula is C30H30N2O7S. The summed E-state index contributed by atoms with van der Waals surface area (Å²) in [6, 6.07) is 20.5. The molecule has 2 atom stereocenters. The molecule has 0 saturated carbocycles. The van der Waals surface area contributed by atoms with Crippen LogP contribution in [0.25, 0.3) is 5.57 Å². The molecule has 0 bridgehead atoms. The molecule has 1 aliphatic heterocycles. The van der Waals surface area contributed by atoms with E-state index < -0.39 is 35.5 Å². The zero-order valence-electron chi connectivity index (χ0n) is 22.3. The number of amides is 2. The molecule has 0 unspecified atom stereocenters. The Bertz CT molecular complexity index is 1360. The normalized spacial score (nSPS) is 18.2. The third-order valence-corrected chi connectivity index (χ3v) is 7.51. The summed E-state index contributed by atoms with van der Waals surface area (Å²) in [5.41, 5.74) is -0.358. The molecule has 40 heavy (non-hydrogen) atoms. The van der Waals surface area contributed by atoms with E-state index in [1.807, 2.05) is 23.6 Å². The number of hydrogen-bond donors (Lipinski definition) is 0. The van der Waals surface area contributed by atoms with Gasteiger partial charge in [-0.1, -0.05) is 73.3 Å². The van der Waals surface area contributed by atoms with E-state index in [1.54, 1.807) is 61.5 Å². The molecule has 2 aromatic carbocycles. The summed E-state index contributed by atoms with van der Waals surface area (Å²) in [4.78, 5) is 55.0. The molecule has 1 saturated heterocycles. The Kier molecular flexibility index (Phi) is 9.00. The number of esters is 1. The number of Topliss-reactive ketones (excluding diaryl/α,β-unsaturated/α-hetero) is 1. The molecule has 10 heteroatoms. The Morgan fingerprint density at radius 1 is 0.875 bits per heavy atom. The highest BCUT2D eigenvalue weighted by molar-refractivity contribution is 7.11. The first-order valence-electron chi connectivity index (χ1n) is 12.7. The lowest BCUT2D eigenvalue weighted by molar-refractivity contribution is -0.165. The molecule has 9 nitrogen and oxygen atoms in total. The first kappa shape index (κ1) is 28.6. The predicted molar refractivity (Wildman–Crippen MR) is 149 cm³/mol. The van der Waals surface area contributed by atoms with Gasteiger partial charge in [0.25, 0.3) is 0 Å². The van der Waals surface area contributed by atoms with E-state index in [9.17, 15) is 19.2 Å². The largest absolute Gasteiger partial charge is 0.464 e. The first-order valence-corrected chi connectivity index (χ1v) is 13.6. The summed E-state index contributed by atoms with van der Waals surface area (Å²) in [7, 11) is 0. The van der Waals surface area contributed by atoms with Crippen LogP contribution in [0.2, 0.25) is 0 Å². The average Bonchev–Trinajstić information content (AvgIpc) is 3.63. The number of nitrogens with zero attached hydrogens (tertiary/aromatic N) is 2. The maximum Gasteiger partial charge on any atom is 0.430 e. The molecule has 208 valence electrons. The SMILES string of the molecule is C=C(c1cccs1)[C@@H]1C[C@@](C(C)=O)(C(=O)OCC)N(C(=O)OCc2ccccc2)N1C(=O)OCc1ccccc1. The highest BCUT2D eigenvalue weighted by atomic mass is 32.1. The summed E-state index contributed by atoms with van der Waals surface area (Å²) in [6.07, 6.45) is -2.31. The number of carbonyl (C=O) groups excluding carboxylic acids is 4. The molecule has 1 aromatic heterocycles. The number of thiophene rings is 1. The van der Waals surface area contributed by atoms with Gasteiger partial charge in [-0.25, -0.2) is 19.4 Å². The van der Waals surface area contributed by atoms with Crippen LogP contribution >= 0.6 is 11.3 Å². The van der Waals surface area contributed by atoms with Crippen LogP contribution in [0.15, 0.2) is 84.8 Å². The Balaban J connectivity index is 1.77. The van der Waals surface area contributed by atoms with Gasteiger partial charge in [-0.2, -0.15) is 5.01 Å². The van der Waals surface area contributed by atoms with Crippen LogP contribution in [0.3, 0.4) is 0 Å². The fourth-order valence-corrected chi connectivity index (χ4v) is 5.30. The Morgan fingerprint density at radius 3 is 1.95 bits per heavy atom. The van der Waals surface area contributed by atoms with E-state index in [4.69, 9.17) is 14.2 Å². The van der Waals surface area contributed by atoms with E-state index in [0.29, 0.717) is 21.6 Å². The van der Waals surface area contributed by atoms with Gasteiger partial charge < -0.3 is 14.2 Å². The second-order valence-electron chi connectivity index (χ2n) is 9.10. The van der Waals surface area contributed by atoms with Gasteiger partial charge in [0.2, 0.25) is 5.54 Å². The van der Waals surface area contributed by atoms with E-state index in [1.165, 1.54) is 18.3 Å². The highest BCUT2D eigenvalue weighted by Crippen LogP contribution is 2.43. The molecule has 0 spiro atoms. The molecular weight excluding hydrogens is 532 g/mol. The zero-order chi connectivity index (χ0) is 28.7. The minimum atomic E-state index is -2.18. The van der Waals surface area contributed by atoms with Crippen LogP contribution in [0.1, 0.15) is 36.3 Å². The topological polar surface area (TPSA) is 102 Å². The number of rotatable bonds is 9. The minimum Gasteiger partial charge on any atom is -0.464 e. The summed E-state index contributed by atoms with van der Waals surface area (Å²) in [5, 5.41) is 3.56. The highest BCUT2D eigenvalue weighted by Gasteiger charge is 2.65. The van der Waals surface area contributed by atoms with Crippen molar-refractivity contribution in [3.05, 3.63) is 101 Å². The van der Waals surface area contributed by atoms with Crippen LogP contribution in [0.5, 0.6) is 0 Å². The summed E-state index contributed by atoms with van der Waals surface area (Å²) in [6.45, 7) is 6.63. The molecule has 2 amide bonds. The van der Waals surface area contributed by atoms with Crippen molar-refractivity contribution in [3.8, 4) is 0 Å². The van der Waals surface area contributed by atoms with Crippen LogP contribution in [-0.2, 0) is 37.0 Å². The third kappa shape index (κ3) is 5.76. The fourth-order valence-electron chi connectivity index (χ4n) is 4.55. The van der Waals surface area contributed by atoms with Crippen molar-refractivity contribution in [2.45, 2.75) is 45.1 Å². The van der Waals surface area contributed by atoms with Gasteiger partial charge in [0, 0.05) is 11.3 Å². The van der Waals surface area contributed by atoms with Crippen molar-refractivity contribution in [1.82, 2.24) is 10.0 Å². The number of ether oxygens (including phenoxy) is 3. The molecule has 0 radical (unpaired) electrons. The monoisotopic (exact) mass is 562 g/mol. The quantitative estimate of drug-likeness (QED) is 0.190. The van der Waals surface area contributed by atoms with Gasteiger partial charge in [-0.3, -0.25) is 4.79 Å². The lowest BCUT2D eigenvalue weighted by Gasteiger charge is -2.36. The van der Waals surface area contributed by atoms with Crippen LogP contribution in [0.4, 0.5) is 9.59 Å². The number of hydrazine groups is 1. The standard InChI is InChI=1S/C30H30N2O7S/c1-4-37-27(34)30(22(3)33)18-25(21(2)26-16-11-17-40-26)31(28(35)38-19-23-12-7-5-8-13-23)32(30)29(36)39-20-24-14-9-6-10-15-24/h5-17,25H,2,4,18-20H2,1,3H3/t25-,30+/m0/s1. The van der Waals surface area contributed by atoms with E-state index in [2.05, 4.69) is 6.58 Å². The van der Waals surface area contributed by atoms with Crippen LogP contribution < -0.4 is 0 Å². The van der Waals surface area contributed by atoms with Crippen molar-refractivity contribution in [1.29, 1.82) is 0 Å². The lowest BCUT2D eigenvalue weighted by atomic mass is 9.86. The molecule has 2 heterocycles. The minimum absolute atomic E-state index is 0.0459. The fraction of sp³-hybridized carbons (Fsp3) is 0.267. The van der Waals surface area contributed by atoms with Crippen LogP contribution in [0, 0.1) is 0 Å². The Hall–Kier alpha value is -4.44. The predicted octanol–water partition coefficient (Wildman–Crippen LogP) is 5.62. The van der Waals surface area contributed by atoms with Gasteiger partial charge in [0.1, 0.15) is 13.2 Å². The van der Waals surface area contributed by atoms with Gasteiger partial charge in [0.05, 0.1) is 12.6 Å². The van der Waals surface area contributed by atoms with Crippen LogP contribution in [-0.4, -0.2) is 52.1 Å². The van der Waals surface area contributed by atoms with Gasteiger partial charge >= 0.3 is 18.2 Å². The number of benzene rings is 2. The first-order chi connectivity index (χ1) is 19.3. The smallest absolute Gasteiger partial charge is 0.430 e. The molecule has 1 aliphatic rings. The molecule has 0 aliphatic carbocycles. The van der Waals surface area contributed by atoms with E-state index in [-0.39, 0.29) is 26.2 Å². The molecule has 4 rings (SSSR count). The maximum atomic E-state index is 13.8. The molecule has 3 aromatic rings. The third-order valence-electron chi connectivity index (χ3n) is 6.57. The van der Waals surface area contributed by atoms with Crippen molar-refractivity contribution in [2.24, 2.45) is 0 Å². The average molecular weight is 563 g/mol. The van der Waals surface area contributed by atoms with E-state index in [0.717, 1.165) is 10.0 Å². The van der Waals surface area contributed by atoms with Gasteiger partial charge in [-0.05, 0) is 42.0 Å². The van der Waals surface area contributed by atoms with Crippen molar-refractivity contribution in [2.75, 3.05) is 6.61 Å². The van der Waals surface area contributed by atoms with Gasteiger partial charge in [-0.15, -0.1) is 11.3 Å².